The van der Waals surface area contributed by atoms with Crippen LogP contribution in [0.5, 0.6) is 0 Å². The van der Waals surface area contributed by atoms with E-state index < -0.39 is 18.5 Å². The molecule has 0 aliphatic rings. The number of carboxylic acids is 1. The molecule has 5 nitrogen and oxygen atoms in total. The summed E-state index contributed by atoms with van der Waals surface area (Å²) in [6.45, 7) is -0.614. The molecular formula is C11H9Cl2NO4. The minimum Gasteiger partial charge on any atom is -0.479 e. The van der Waals surface area contributed by atoms with Gasteiger partial charge < -0.3 is 5.11 Å². The van der Waals surface area contributed by atoms with Gasteiger partial charge in [0.05, 0.1) is 0 Å². The summed E-state index contributed by atoms with van der Waals surface area (Å²) in [5.74, 6) is -1.79. The molecule has 0 radical (unpaired) electrons. The van der Waals surface area contributed by atoms with E-state index in [1.54, 1.807) is 18.2 Å². The third-order valence-electron chi connectivity index (χ3n) is 1.74. The largest absolute Gasteiger partial charge is 0.479 e. The van der Waals surface area contributed by atoms with E-state index in [4.69, 9.17) is 28.3 Å². The first-order valence-electron chi connectivity index (χ1n) is 4.75. The van der Waals surface area contributed by atoms with Crippen LogP contribution in [-0.2, 0) is 14.4 Å². The van der Waals surface area contributed by atoms with Gasteiger partial charge in [-0.25, -0.2) is 10.3 Å². The average Bonchev–Trinajstić information content (AvgIpc) is 2.30. The lowest BCUT2D eigenvalue weighted by Gasteiger charge is -2.00. The highest BCUT2D eigenvalue weighted by Gasteiger charge is 2.01. The molecule has 0 spiro atoms. The molecule has 0 saturated heterocycles. The predicted octanol–water partition coefficient (Wildman–Crippen LogP) is 2.14. The van der Waals surface area contributed by atoms with Crippen LogP contribution in [0.2, 0.25) is 10.0 Å². The average molecular weight is 290 g/mol. The zero-order valence-electron chi connectivity index (χ0n) is 9.02. The van der Waals surface area contributed by atoms with Crippen LogP contribution in [0.25, 0.3) is 6.08 Å². The van der Waals surface area contributed by atoms with E-state index in [1.165, 1.54) is 6.08 Å². The third-order valence-corrected chi connectivity index (χ3v) is 2.32. The summed E-state index contributed by atoms with van der Waals surface area (Å²) < 4.78 is 0. The van der Waals surface area contributed by atoms with Crippen molar-refractivity contribution in [2.45, 2.75) is 0 Å². The molecule has 1 amide bonds. The van der Waals surface area contributed by atoms with E-state index in [2.05, 4.69) is 4.84 Å². The Labute approximate surface area is 113 Å². The Kier molecular flexibility index (Phi) is 5.64. The van der Waals surface area contributed by atoms with Crippen LogP contribution >= 0.6 is 23.2 Å². The number of rotatable bonds is 5. The lowest BCUT2D eigenvalue weighted by atomic mass is 10.2. The van der Waals surface area contributed by atoms with Crippen LogP contribution in [0.3, 0.4) is 0 Å². The number of carbonyl (C=O) groups excluding carboxylic acids is 1. The summed E-state index contributed by atoms with van der Waals surface area (Å²) in [4.78, 5) is 25.7. The second kappa shape index (κ2) is 7.00. The number of halogens is 2. The number of aliphatic carboxylic acids is 1. The van der Waals surface area contributed by atoms with Crippen LogP contribution in [0.4, 0.5) is 0 Å². The molecule has 18 heavy (non-hydrogen) atoms. The van der Waals surface area contributed by atoms with E-state index in [0.717, 1.165) is 6.08 Å². The van der Waals surface area contributed by atoms with Gasteiger partial charge in [0.15, 0.2) is 6.61 Å². The van der Waals surface area contributed by atoms with Gasteiger partial charge in [0.25, 0.3) is 5.91 Å². The van der Waals surface area contributed by atoms with Gasteiger partial charge in [-0.2, -0.15) is 0 Å². The van der Waals surface area contributed by atoms with Crippen molar-refractivity contribution in [1.29, 1.82) is 0 Å². The Morgan fingerprint density at radius 2 is 2.11 bits per heavy atom. The maximum atomic E-state index is 11.2. The van der Waals surface area contributed by atoms with Gasteiger partial charge in [-0.15, -0.1) is 0 Å². The predicted molar refractivity (Wildman–Crippen MR) is 67.2 cm³/mol. The molecule has 0 atom stereocenters. The van der Waals surface area contributed by atoms with Crippen molar-refractivity contribution in [2.24, 2.45) is 0 Å². The number of carbonyl (C=O) groups is 2. The molecule has 1 aromatic carbocycles. The molecule has 2 N–H and O–H groups in total. The Balaban J connectivity index is 2.55. The summed E-state index contributed by atoms with van der Waals surface area (Å²) in [5, 5.41) is 9.20. The summed E-state index contributed by atoms with van der Waals surface area (Å²) >= 11 is 11.6. The maximum Gasteiger partial charge on any atom is 0.332 e. The van der Waals surface area contributed by atoms with E-state index in [-0.39, 0.29) is 0 Å². The monoisotopic (exact) mass is 289 g/mol. The van der Waals surface area contributed by atoms with Crippen molar-refractivity contribution < 1.29 is 19.5 Å². The topological polar surface area (TPSA) is 75.6 Å². The Morgan fingerprint density at radius 3 is 2.78 bits per heavy atom. The van der Waals surface area contributed by atoms with E-state index in [9.17, 15) is 9.59 Å². The molecule has 0 fully saturated rings. The second-order valence-electron chi connectivity index (χ2n) is 3.15. The summed E-state index contributed by atoms with van der Waals surface area (Å²) in [5.41, 5.74) is 2.50. The fourth-order valence-corrected chi connectivity index (χ4v) is 1.37. The number of amides is 1. The number of hydroxylamine groups is 1. The van der Waals surface area contributed by atoms with Crippen LogP contribution < -0.4 is 5.48 Å². The molecule has 0 saturated carbocycles. The van der Waals surface area contributed by atoms with Crippen molar-refractivity contribution >= 4 is 41.2 Å². The van der Waals surface area contributed by atoms with Crippen molar-refractivity contribution in [1.82, 2.24) is 5.48 Å². The standard InChI is InChI=1S/C11H9Cl2NO4/c12-8-2-3-9(13)7(5-8)1-4-10(15)14-18-6-11(16)17/h1-5H,6H2,(H,14,15)(H,16,17). The van der Waals surface area contributed by atoms with Crippen LogP contribution in [0.15, 0.2) is 24.3 Å². The van der Waals surface area contributed by atoms with E-state index >= 15 is 0 Å². The molecule has 0 aliphatic heterocycles. The van der Waals surface area contributed by atoms with Crippen molar-refractivity contribution in [2.75, 3.05) is 6.61 Å². The van der Waals surface area contributed by atoms with Crippen LogP contribution in [0, 0.1) is 0 Å². The van der Waals surface area contributed by atoms with Crippen molar-refractivity contribution in [3.05, 3.63) is 39.9 Å². The zero-order valence-corrected chi connectivity index (χ0v) is 10.5. The van der Waals surface area contributed by atoms with Gasteiger partial charge in [-0.05, 0) is 29.8 Å². The molecule has 1 aromatic rings. The van der Waals surface area contributed by atoms with Gasteiger partial charge in [-0.1, -0.05) is 23.2 Å². The smallest absolute Gasteiger partial charge is 0.332 e. The molecule has 96 valence electrons. The number of benzene rings is 1. The normalized spacial score (nSPS) is 10.6. The zero-order chi connectivity index (χ0) is 13.5. The molecule has 7 heteroatoms. The van der Waals surface area contributed by atoms with Crippen LogP contribution in [0.1, 0.15) is 5.56 Å². The lowest BCUT2D eigenvalue weighted by molar-refractivity contribution is -0.147. The van der Waals surface area contributed by atoms with Crippen molar-refractivity contribution in [3.63, 3.8) is 0 Å². The maximum absolute atomic E-state index is 11.2. The van der Waals surface area contributed by atoms with E-state index in [0.29, 0.717) is 15.6 Å². The number of hydrogen-bond acceptors (Lipinski definition) is 3. The van der Waals surface area contributed by atoms with E-state index in [1.807, 2.05) is 5.48 Å². The Hall–Kier alpha value is -1.56. The lowest BCUT2D eigenvalue weighted by Crippen LogP contribution is -2.24. The quantitative estimate of drug-likeness (QED) is 0.643. The highest BCUT2D eigenvalue weighted by Crippen LogP contribution is 2.21. The summed E-state index contributed by atoms with van der Waals surface area (Å²) in [7, 11) is 0. The molecule has 0 bridgehead atoms. The van der Waals surface area contributed by atoms with Gasteiger partial charge in [0.2, 0.25) is 0 Å². The Bertz CT molecular complexity index is 488. The molecule has 1 rings (SSSR count). The van der Waals surface area contributed by atoms with Gasteiger partial charge >= 0.3 is 5.97 Å². The second-order valence-corrected chi connectivity index (χ2v) is 3.99. The molecule has 0 aromatic heterocycles. The number of hydrogen-bond donors (Lipinski definition) is 2. The number of carboxylic acid groups (broad SMARTS) is 1. The fourth-order valence-electron chi connectivity index (χ4n) is 1.01. The SMILES string of the molecule is O=C(O)CONC(=O)C=Cc1cc(Cl)ccc1Cl. The first-order valence-corrected chi connectivity index (χ1v) is 5.51. The third kappa shape index (κ3) is 5.18. The number of nitrogens with one attached hydrogen (secondary N) is 1. The van der Waals surface area contributed by atoms with Gasteiger partial charge in [0, 0.05) is 16.1 Å². The first-order chi connectivity index (χ1) is 8.49. The Morgan fingerprint density at radius 1 is 1.39 bits per heavy atom. The van der Waals surface area contributed by atoms with Crippen LogP contribution in [-0.4, -0.2) is 23.6 Å². The highest BCUT2D eigenvalue weighted by atomic mass is 35.5. The van der Waals surface area contributed by atoms with Gasteiger partial charge in [0.1, 0.15) is 0 Å². The fraction of sp³-hybridized carbons (Fsp3) is 0.0909. The molecule has 0 unspecified atom stereocenters. The van der Waals surface area contributed by atoms with Gasteiger partial charge in [-0.3, -0.25) is 9.63 Å². The summed E-state index contributed by atoms with van der Waals surface area (Å²) in [6.07, 6.45) is 2.59. The van der Waals surface area contributed by atoms with Crippen molar-refractivity contribution in [3.8, 4) is 0 Å². The molecule has 0 aliphatic carbocycles. The first kappa shape index (κ1) is 14.5. The minimum atomic E-state index is -1.18. The molecular weight excluding hydrogens is 281 g/mol. The molecule has 0 heterocycles. The minimum absolute atomic E-state index is 0.440. The summed E-state index contributed by atoms with van der Waals surface area (Å²) in [6, 6.07) is 4.81. The highest BCUT2D eigenvalue weighted by molar-refractivity contribution is 6.34.